The molecule has 0 aliphatic carbocycles. The minimum Gasteiger partial charge on any atom is -0.487 e. The average molecular weight is 293 g/mol. The minimum atomic E-state index is -0.308. The molecule has 0 amide bonds. The number of carbonyl (C=O) groups is 1. The number of esters is 1. The highest BCUT2D eigenvalue weighted by molar-refractivity contribution is 5.71. The van der Waals surface area contributed by atoms with Crippen molar-refractivity contribution in [2.24, 2.45) is 0 Å². The van der Waals surface area contributed by atoms with E-state index in [0.717, 1.165) is 38.9 Å². The highest BCUT2D eigenvalue weighted by atomic mass is 19.1. The predicted molar refractivity (Wildman–Crippen MR) is 75.6 cm³/mol. The molecule has 114 valence electrons. The third-order valence-corrected chi connectivity index (χ3v) is 4.10. The third-order valence-electron chi connectivity index (χ3n) is 4.10. The van der Waals surface area contributed by atoms with E-state index in [1.165, 1.54) is 6.07 Å². The Labute approximate surface area is 123 Å². The molecule has 2 heterocycles. The smallest absolute Gasteiger partial charge is 0.306 e. The molecule has 0 radical (unpaired) electrons. The Morgan fingerprint density at radius 2 is 2.00 bits per heavy atom. The fourth-order valence-corrected chi connectivity index (χ4v) is 2.93. The molecule has 0 saturated carbocycles. The molecular formula is C16H20FNO3. The largest absolute Gasteiger partial charge is 0.487 e. The number of rotatable bonds is 4. The summed E-state index contributed by atoms with van der Waals surface area (Å²) in [6, 6.07) is 6.52. The van der Waals surface area contributed by atoms with E-state index in [4.69, 9.17) is 9.47 Å². The fraction of sp³-hybridized carbons (Fsp3) is 0.562. The van der Waals surface area contributed by atoms with Crippen molar-refractivity contribution in [3.8, 4) is 5.75 Å². The van der Waals surface area contributed by atoms with Gasteiger partial charge in [0.1, 0.15) is 12.2 Å². The normalized spacial score (nSPS) is 24.0. The maximum Gasteiger partial charge on any atom is 0.306 e. The van der Waals surface area contributed by atoms with Crippen LogP contribution in [0, 0.1) is 5.82 Å². The number of cyclic esters (lactones) is 1. The van der Waals surface area contributed by atoms with Crippen LogP contribution in [0.1, 0.15) is 25.7 Å². The zero-order chi connectivity index (χ0) is 14.7. The highest BCUT2D eigenvalue weighted by Crippen LogP contribution is 2.23. The van der Waals surface area contributed by atoms with Crippen molar-refractivity contribution in [2.45, 2.75) is 37.9 Å². The first-order valence-corrected chi connectivity index (χ1v) is 7.54. The molecule has 1 unspecified atom stereocenters. The van der Waals surface area contributed by atoms with Crippen molar-refractivity contribution in [2.75, 3.05) is 19.6 Å². The number of hydrogen-bond acceptors (Lipinski definition) is 4. The molecule has 2 aliphatic heterocycles. The second kappa shape index (κ2) is 6.43. The maximum absolute atomic E-state index is 13.5. The number of piperidine rings is 1. The summed E-state index contributed by atoms with van der Waals surface area (Å²) in [6.45, 7) is 2.60. The van der Waals surface area contributed by atoms with Crippen molar-refractivity contribution >= 4 is 5.97 Å². The molecule has 0 aromatic heterocycles. The van der Waals surface area contributed by atoms with Crippen LogP contribution >= 0.6 is 0 Å². The first-order chi connectivity index (χ1) is 10.2. The number of likely N-dealkylation sites (tertiary alicyclic amines) is 1. The summed E-state index contributed by atoms with van der Waals surface area (Å²) >= 11 is 0. The van der Waals surface area contributed by atoms with Crippen LogP contribution in [0.25, 0.3) is 0 Å². The molecular weight excluding hydrogens is 273 g/mol. The first kappa shape index (κ1) is 14.3. The lowest BCUT2D eigenvalue weighted by molar-refractivity contribution is -0.142. The van der Waals surface area contributed by atoms with E-state index in [9.17, 15) is 9.18 Å². The van der Waals surface area contributed by atoms with Crippen LogP contribution in [0.5, 0.6) is 5.75 Å². The number of halogens is 1. The van der Waals surface area contributed by atoms with E-state index in [2.05, 4.69) is 4.90 Å². The Hall–Kier alpha value is -1.62. The zero-order valence-corrected chi connectivity index (χ0v) is 12.0. The second-order valence-corrected chi connectivity index (χ2v) is 5.70. The van der Waals surface area contributed by atoms with E-state index < -0.39 is 0 Å². The maximum atomic E-state index is 13.5. The van der Waals surface area contributed by atoms with Crippen molar-refractivity contribution in [1.29, 1.82) is 0 Å². The molecule has 5 heteroatoms. The van der Waals surface area contributed by atoms with Gasteiger partial charge in [-0.1, -0.05) is 12.1 Å². The number of nitrogens with zero attached hydrogens (tertiary/aromatic N) is 1. The standard InChI is InChI=1S/C16H20FNO3/c17-14-3-1-2-4-15(14)20-12-7-9-18(10-8-12)11-13-5-6-16(19)21-13/h1-4,12-13H,5-11H2. The molecule has 0 spiro atoms. The van der Waals surface area contributed by atoms with E-state index in [-0.39, 0.29) is 24.0 Å². The van der Waals surface area contributed by atoms with Crippen molar-refractivity contribution in [3.63, 3.8) is 0 Å². The molecule has 2 fully saturated rings. The number of ether oxygens (including phenoxy) is 2. The van der Waals surface area contributed by atoms with E-state index in [0.29, 0.717) is 12.2 Å². The molecule has 3 rings (SSSR count). The van der Waals surface area contributed by atoms with Crippen LogP contribution in [0.15, 0.2) is 24.3 Å². The number of hydrogen-bond donors (Lipinski definition) is 0. The number of benzene rings is 1. The van der Waals surface area contributed by atoms with Crippen molar-refractivity contribution < 1.29 is 18.7 Å². The van der Waals surface area contributed by atoms with E-state index >= 15 is 0 Å². The third kappa shape index (κ3) is 3.73. The lowest BCUT2D eigenvalue weighted by atomic mass is 10.1. The van der Waals surface area contributed by atoms with Gasteiger partial charge in [0, 0.05) is 26.1 Å². The Balaban J connectivity index is 1.45. The summed E-state index contributed by atoms with van der Waals surface area (Å²) in [5.41, 5.74) is 0. The monoisotopic (exact) mass is 293 g/mol. The zero-order valence-electron chi connectivity index (χ0n) is 12.0. The minimum absolute atomic E-state index is 0.0431. The van der Waals surface area contributed by atoms with Crippen LogP contribution in [0.3, 0.4) is 0 Å². The van der Waals surface area contributed by atoms with Crippen LogP contribution in [0.2, 0.25) is 0 Å². The van der Waals surface area contributed by atoms with Crippen LogP contribution in [-0.2, 0) is 9.53 Å². The molecule has 0 N–H and O–H groups in total. The molecule has 2 aliphatic rings. The Kier molecular flexibility index (Phi) is 4.39. The molecule has 1 atom stereocenters. The molecule has 0 bridgehead atoms. The number of carbonyl (C=O) groups excluding carboxylic acids is 1. The van der Waals surface area contributed by atoms with Gasteiger partial charge < -0.3 is 9.47 Å². The highest BCUT2D eigenvalue weighted by Gasteiger charge is 2.28. The summed E-state index contributed by atoms with van der Waals surface area (Å²) in [5.74, 6) is -0.0590. The van der Waals surface area contributed by atoms with E-state index in [1.54, 1.807) is 18.2 Å². The van der Waals surface area contributed by atoms with Gasteiger partial charge >= 0.3 is 5.97 Å². The summed E-state index contributed by atoms with van der Waals surface area (Å²) in [6.07, 6.45) is 3.21. The van der Waals surface area contributed by atoms with Gasteiger partial charge in [0.2, 0.25) is 0 Å². The van der Waals surface area contributed by atoms with Gasteiger partial charge in [-0.2, -0.15) is 0 Å². The first-order valence-electron chi connectivity index (χ1n) is 7.54. The Morgan fingerprint density at radius 3 is 2.67 bits per heavy atom. The van der Waals surface area contributed by atoms with Gasteiger partial charge in [0.25, 0.3) is 0 Å². The SMILES string of the molecule is O=C1CCC(CN2CCC(Oc3ccccc3F)CC2)O1. The summed E-state index contributed by atoms with van der Waals surface area (Å²) < 4.78 is 24.5. The molecule has 2 saturated heterocycles. The summed E-state index contributed by atoms with van der Waals surface area (Å²) in [7, 11) is 0. The van der Waals surface area contributed by atoms with Gasteiger partial charge in [-0.3, -0.25) is 9.69 Å². The lowest BCUT2D eigenvalue weighted by Gasteiger charge is -2.33. The van der Waals surface area contributed by atoms with Gasteiger partial charge in [0.05, 0.1) is 0 Å². The quantitative estimate of drug-likeness (QED) is 0.799. The predicted octanol–water partition coefficient (Wildman–Crippen LogP) is 2.37. The molecule has 1 aromatic carbocycles. The second-order valence-electron chi connectivity index (χ2n) is 5.70. The summed E-state index contributed by atoms with van der Waals surface area (Å²) in [5, 5.41) is 0. The van der Waals surface area contributed by atoms with Gasteiger partial charge in [-0.15, -0.1) is 0 Å². The molecule has 1 aromatic rings. The molecule has 21 heavy (non-hydrogen) atoms. The van der Waals surface area contributed by atoms with Crippen LogP contribution < -0.4 is 4.74 Å². The Bertz CT molecular complexity index is 500. The Morgan fingerprint density at radius 1 is 1.24 bits per heavy atom. The van der Waals surface area contributed by atoms with E-state index in [1.807, 2.05) is 0 Å². The molecule has 4 nitrogen and oxygen atoms in total. The van der Waals surface area contributed by atoms with Crippen molar-refractivity contribution in [3.05, 3.63) is 30.1 Å². The summed E-state index contributed by atoms with van der Waals surface area (Å²) in [4.78, 5) is 13.4. The van der Waals surface area contributed by atoms with Crippen molar-refractivity contribution in [1.82, 2.24) is 4.90 Å². The fourth-order valence-electron chi connectivity index (χ4n) is 2.93. The lowest BCUT2D eigenvalue weighted by Crippen LogP contribution is -2.41. The average Bonchev–Trinajstić information content (AvgIpc) is 2.89. The number of para-hydroxylation sites is 1. The van der Waals surface area contributed by atoms with Gasteiger partial charge in [-0.25, -0.2) is 4.39 Å². The van der Waals surface area contributed by atoms with Gasteiger partial charge in [-0.05, 0) is 31.4 Å². The van der Waals surface area contributed by atoms with Gasteiger partial charge in [0.15, 0.2) is 11.6 Å². The topological polar surface area (TPSA) is 38.8 Å². The van der Waals surface area contributed by atoms with Crippen LogP contribution in [0.4, 0.5) is 4.39 Å². The van der Waals surface area contributed by atoms with Crippen LogP contribution in [-0.4, -0.2) is 42.7 Å².